The van der Waals surface area contributed by atoms with Gasteiger partial charge in [-0.05, 0) is 43.0 Å². The molecule has 4 rings (SSSR count). The average molecular weight is 392 g/mol. The Bertz CT molecular complexity index is 835. The highest BCUT2D eigenvalue weighted by atomic mass is 16.5. The van der Waals surface area contributed by atoms with Crippen molar-refractivity contribution in [2.45, 2.75) is 56.8 Å². The van der Waals surface area contributed by atoms with Crippen LogP contribution in [-0.4, -0.2) is 31.1 Å². The van der Waals surface area contributed by atoms with Gasteiger partial charge in [0.2, 0.25) is 5.91 Å². The number of hydrogen-bond acceptors (Lipinski definition) is 2. The molecule has 4 heteroatoms. The van der Waals surface area contributed by atoms with Crippen molar-refractivity contribution < 1.29 is 14.4 Å². The summed E-state index contributed by atoms with van der Waals surface area (Å²) in [5.74, 6) is 1.00. The van der Waals surface area contributed by atoms with E-state index in [4.69, 9.17) is 4.74 Å². The van der Waals surface area contributed by atoms with Crippen LogP contribution in [0.15, 0.2) is 60.7 Å². The Hall–Kier alpha value is -2.59. The van der Waals surface area contributed by atoms with Gasteiger partial charge in [-0.25, -0.2) is 0 Å². The van der Waals surface area contributed by atoms with E-state index in [0.29, 0.717) is 12.1 Å². The number of carbonyl (C=O) groups excluding carboxylic acids is 1. The molecule has 1 amide bonds. The fourth-order valence-electron chi connectivity index (χ4n) is 5.10. The second kappa shape index (κ2) is 9.27. The summed E-state index contributed by atoms with van der Waals surface area (Å²) in [6.45, 7) is 1.01. The number of fused-ring (bicyclic) bond motifs is 2. The molecule has 152 valence electrons. The van der Waals surface area contributed by atoms with Crippen LogP contribution in [0.5, 0.6) is 5.75 Å². The number of ether oxygens (including phenoxy) is 1. The zero-order chi connectivity index (χ0) is 20.1. The van der Waals surface area contributed by atoms with Crippen molar-refractivity contribution in [1.29, 1.82) is 0 Å². The second-order valence-electron chi connectivity index (χ2n) is 8.31. The molecule has 0 spiro atoms. The summed E-state index contributed by atoms with van der Waals surface area (Å²) in [5, 5.41) is 3.26. The SMILES string of the molecule is COc1ccccc1C[NH+]1[C@@H]2CCC[C@H]1CC(NC(=O)/C=C/c1ccccc1)C2. The van der Waals surface area contributed by atoms with Gasteiger partial charge in [-0.15, -0.1) is 0 Å². The van der Waals surface area contributed by atoms with Crippen LogP contribution in [0.4, 0.5) is 0 Å². The second-order valence-corrected chi connectivity index (χ2v) is 8.31. The van der Waals surface area contributed by atoms with E-state index in [1.807, 2.05) is 42.5 Å². The Morgan fingerprint density at radius 2 is 1.76 bits per heavy atom. The summed E-state index contributed by atoms with van der Waals surface area (Å²) >= 11 is 0. The zero-order valence-corrected chi connectivity index (χ0v) is 17.1. The minimum atomic E-state index is 0.0186. The third-order valence-electron chi connectivity index (χ3n) is 6.45. The van der Waals surface area contributed by atoms with E-state index >= 15 is 0 Å². The van der Waals surface area contributed by atoms with Crippen molar-refractivity contribution in [3.8, 4) is 5.75 Å². The van der Waals surface area contributed by atoms with Gasteiger partial charge in [0.05, 0.1) is 19.2 Å². The van der Waals surface area contributed by atoms with Crippen molar-refractivity contribution in [1.82, 2.24) is 5.32 Å². The number of para-hydroxylation sites is 1. The van der Waals surface area contributed by atoms with Gasteiger partial charge in [0, 0.05) is 30.5 Å². The number of quaternary nitrogens is 1. The predicted octanol–water partition coefficient (Wildman–Crippen LogP) is 2.99. The lowest BCUT2D eigenvalue weighted by Crippen LogP contribution is -3.20. The van der Waals surface area contributed by atoms with Gasteiger partial charge in [0.25, 0.3) is 0 Å². The Balaban J connectivity index is 1.38. The number of nitrogens with one attached hydrogen (secondary N) is 2. The van der Waals surface area contributed by atoms with Crippen LogP contribution < -0.4 is 15.0 Å². The van der Waals surface area contributed by atoms with Crippen molar-refractivity contribution in [3.63, 3.8) is 0 Å². The van der Waals surface area contributed by atoms with E-state index in [9.17, 15) is 4.79 Å². The van der Waals surface area contributed by atoms with Crippen LogP contribution in [0.3, 0.4) is 0 Å². The monoisotopic (exact) mass is 391 g/mol. The van der Waals surface area contributed by atoms with Crippen LogP contribution in [0.2, 0.25) is 0 Å². The molecule has 29 heavy (non-hydrogen) atoms. The standard InChI is InChI=1S/C25H30N2O2/c1-29-24-13-6-5-10-20(24)18-27-22-11-7-12-23(27)17-21(16-22)26-25(28)15-14-19-8-3-2-4-9-19/h2-6,8-10,13-15,21-23H,7,11-12,16-18H2,1H3,(H,26,28)/p+1/b15-14+/t21?,22-,23+. The molecule has 0 aliphatic carbocycles. The fourth-order valence-corrected chi connectivity index (χ4v) is 5.10. The zero-order valence-electron chi connectivity index (χ0n) is 17.1. The third-order valence-corrected chi connectivity index (χ3v) is 6.45. The number of hydrogen-bond donors (Lipinski definition) is 2. The Labute approximate surface area is 173 Å². The first-order valence-corrected chi connectivity index (χ1v) is 10.7. The van der Waals surface area contributed by atoms with E-state index in [0.717, 1.165) is 30.7 Å². The van der Waals surface area contributed by atoms with Crippen molar-refractivity contribution in [2.24, 2.45) is 0 Å². The quantitative estimate of drug-likeness (QED) is 0.744. The first kappa shape index (κ1) is 19.7. The maximum Gasteiger partial charge on any atom is 0.244 e. The predicted molar refractivity (Wildman–Crippen MR) is 116 cm³/mol. The van der Waals surface area contributed by atoms with E-state index in [2.05, 4.69) is 23.5 Å². The van der Waals surface area contributed by atoms with Gasteiger partial charge in [-0.3, -0.25) is 4.79 Å². The number of carbonyl (C=O) groups is 1. The molecule has 2 heterocycles. The third kappa shape index (κ3) is 4.88. The molecule has 2 saturated heterocycles. The smallest absolute Gasteiger partial charge is 0.244 e. The topological polar surface area (TPSA) is 42.8 Å². The Morgan fingerprint density at radius 1 is 1.07 bits per heavy atom. The molecular formula is C25H31N2O2+. The molecule has 0 saturated carbocycles. The molecule has 4 nitrogen and oxygen atoms in total. The molecule has 2 bridgehead atoms. The molecule has 0 aromatic heterocycles. The van der Waals surface area contributed by atoms with Crippen molar-refractivity contribution in [2.75, 3.05) is 7.11 Å². The molecule has 2 N–H and O–H groups in total. The van der Waals surface area contributed by atoms with E-state index in [1.54, 1.807) is 18.1 Å². The van der Waals surface area contributed by atoms with Crippen LogP contribution in [0, 0.1) is 0 Å². The Kier molecular flexibility index (Phi) is 6.30. The highest BCUT2D eigenvalue weighted by Gasteiger charge is 2.42. The number of rotatable bonds is 6. The summed E-state index contributed by atoms with van der Waals surface area (Å²) in [6, 6.07) is 19.8. The first-order chi connectivity index (χ1) is 14.2. The summed E-state index contributed by atoms with van der Waals surface area (Å²) in [5.41, 5.74) is 2.34. The number of methoxy groups -OCH3 is 1. The molecule has 2 aromatic carbocycles. The van der Waals surface area contributed by atoms with Gasteiger partial charge in [0.1, 0.15) is 12.3 Å². The fraction of sp³-hybridized carbons (Fsp3) is 0.400. The highest BCUT2D eigenvalue weighted by molar-refractivity contribution is 5.91. The molecular weight excluding hydrogens is 360 g/mol. The maximum atomic E-state index is 12.4. The van der Waals surface area contributed by atoms with Crippen LogP contribution in [0.1, 0.15) is 43.2 Å². The summed E-state index contributed by atoms with van der Waals surface area (Å²) in [6.07, 6.45) is 9.47. The number of piperidine rings is 2. The van der Waals surface area contributed by atoms with Gasteiger partial charge in [-0.2, -0.15) is 0 Å². The lowest BCUT2D eigenvalue weighted by Gasteiger charge is -2.46. The van der Waals surface area contributed by atoms with Crippen molar-refractivity contribution in [3.05, 3.63) is 71.8 Å². The summed E-state index contributed by atoms with van der Waals surface area (Å²) < 4.78 is 5.57. The molecule has 2 aliphatic heterocycles. The largest absolute Gasteiger partial charge is 0.496 e. The van der Waals surface area contributed by atoms with E-state index in [1.165, 1.54) is 24.8 Å². The Morgan fingerprint density at radius 3 is 2.48 bits per heavy atom. The maximum absolute atomic E-state index is 12.4. The molecule has 2 aromatic rings. The minimum absolute atomic E-state index is 0.0186. The van der Waals surface area contributed by atoms with Gasteiger partial charge in [0.15, 0.2) is 0 Å². The van der Waals surface area contributed by atoms with Crippen LogP contribution >= 0.6 is 0 Å². The van der Waals surface area contributed by atoms with Crippen molar-refractivity contribution >= 4 is 12.0 Å². The van der Waals surface area contributed by atoms with Gasteiger partial charge < -0.3 is 15.0 Å². The molecule has 2 fully saturated rings. The van der Waals surface area contributed by atoms with E-state index in [-0.39, 0.29) is 11.9 Å². The van der Waals surface area contributed by atoms with Gasteiger partial charge >= 0.3 is 0 Å². The normalized spacial score (nSPS) is 26.2. The molecule has 0 radical (unpaired) electrons. The highest BCUT2D eigenvalue weighted by Crippen LogP contribution is 2.24. The molecule has 4 atom stereocenters. The van der Waals surface area contributed by atoms with Gasteiger partial charge in [-0.1, -0.05) is 42.5 Å². The number of benzene rings is 2. The summed E-state index contributed by atoms with van der Waals surface area (Å²) in [4.78, 5) is 14.1. The van der Waals surface area contributed by atoms with Crippen LogP contribution in [0.25, 0.3) is 6.08 Å². The lowest BCUT2D eigenvalue weighted by molar-refractivity contribution is -0.973. The summed E-state index contributed by atoms with van der Waals surface area (Å²) in [7, 11) is 1.75. The average Bonchev–Trinajstić information content (AvgIpc) is 2.74. The lowest BCUT2D eigenvalue weighted by atomic mass is 9.81. The number of amides is 1. The first-order valence-electron chi connectivity index (χ1n) is 10.7. The van der Waals surface area contributed by atoms with Crippen LogP contribution in [-0.2, 0) is 11.3 Å². The molecule has 2 unspecified atom stereocenters. The minimum Gasteiger partial charge on any atom is -0.496 e. The van der Waals surface area contributed by atoms with E-state index < -0.39 is 0 Å². The molecule has 2 aliphatic rings.